The van der Waals surface area contributed by atoms with Gasteiger partial charge < -0.3 is 19.7 Å². The minimum atomic E-state index is -0.357. The van der Waals surface area contributed by atoms with E-state index >= 15 is 0 Å². The lowest BCUT2D eigenvalue weighted by Crippen LogP contribution is -2.41. The maximum absolute atomic E-state index is 12.9. The van der Waals surface area contributed by atoms with Gasteiger partial charge in [0.25, 0.3) is 11.8 Å². The highest BCUT2D eigenvalue weighted by molar-refractivity contribution is 7.80. The van der Waals surface area contributed by atoms with E-state index in [2.05, 4.69) is 24.5 Å². The molecule has 0 saturated carbocycles. The first kappa shape index (κ1) is 22.7. The van der Waals surface area contributed by atoms with Gasteiger partial charge in [-0.05, 0) is 48.5 Å². The van der Waals surface area contributed by atoms with Crippen molar-refractivity contribution in [3.05, 3.63) is 59.7 Å². The number of benzene rings is 2. The summed E-state index contributed by atoms with van der Waals surface area (Å²) in [4.78, 5) is 27.2. The molecule has 1 aliphatic heterocycles. The van der Waals surface area contributed by atoms with Gasteiger partial charge in [0.05, 0.1) is 31.1 Å². The third kappa shape index (κ3) is 6.50. The van der Waals surface area contributed by atoms with E-state index in [0.717, 1.165) is 0 Å². The van der Waals surface area contributed by atoms with E-state index in [9.17, 15) is 9.59 Å². The number of amides is 2. The Morgan fingerprint density at radius 3 is 2.61 bits per heavy atom. The predicted octanol–water partition coefficient (Wildman–Crippen LogP) is 3.32. The highest BCUT2D eigenvalue weighted by Crippen LogP contribution is 2.19. The lowest BCUT2D eigenvalue weighted by molar-refractivity contribution is 0.0303. The molecule has 1 heterocycles. The van der Waals surface area contributed by atoms with Crippen molar-refractivity contribution in [2.24, 2.45) is 5.92 Å². The van der Waals surface area contributed by atoms with Gasteiger partial charge in [-0.25, -0.2) is 0 Å². The fraction of sp³-hybridized carbons (Fsp3) is 0.348. The second kappa shape index (κ2) is 10.9. The first-order valence-corrected chi connectivity index (χ1v) is 10.7. The summed E-state index contributed by atoms with van der Waals surface area (Å²) >= 11 is 5.31. The molecule has 2 aromatic rings. The molecule has 2 aromatic carbocycles. The molecule has 8 heteroatoms. The smallest absolute Gasteiger partial charge is 0.257 e. The number of carbonyl (C=O) groups excluding carboxylic acids is 2. The first-order valence-electron chi connectivity index (χ1n) is 10.3. The molecule has 31 heavy (non-hydrogen) atoms. The molecule has 0 aliphatic carbocycles. The van der Waals surface area contributed by atoms with Gasteiger partial charge in [0.1, 0.15) is 5.75 Å². The zero-order chi connectivity index (χ0) is 22.2. The maximum Gasteiger partial charge on any atom is 0.257 e. The van der Waals surface area contributed by atoms with E-state index in [1.807, 2.05) is 6.07 Å². The van der Waals surface area contributed by atoms with Crippen LogP contribution in [-0.2, 0) is 4.74 Å². The van der Waals surface area contributed by atoms with Crippen molar-refractivity contribution in [2.75, 3.05) is 38.2 Å². The van der Waals surface area contributed by atoms with Gasteiger partial charge in [0.15, 0.2) is 5.11 Å². The van der Waals surface area contributed by atoms with Crippen molar-refractivity contribution in [2.45, 2.75) is 13.8 Å². The second-order valence-corrected chi connectivity index (χ2v) is 8.00. The number of hydrogen-bond acceptors (Lipinski definition) is 5. The molecule has 0 spiro atoms. The molecule has 7 nitrogen and oxygen atoms in total. The van der Waals surface area contributed by atoms with Crippen molar-refractivity contribution in [3.63, 3.8) is 0 Å². The van der Waals surface area contributed by atoms with E-state index in [0.29, 0.717) is 61.4 Å². The zero-order valence-electron chi connectivity index (χ0n) is 17.7. The van der Waals surface area contributed by atoms with Crippen molar-refractivity contribution in [3.8, 4) is 5.75 Å². The van der Waals surface area contributed by atoms with Gasteiger partial charge in [0, 0.05) is 18.7 Å². The number of nitrogens with one attached hydrogen (secondary N) is 2. The fourth-order valence-electron chi connectivity index (χ4n) is 3.03. The van der Waals surface area contributed by atoms with Crippen LogP contribution in [-0.4, -0.2) is 54.7 Å². The van der Waals surface area contributed by atoms with Gasteiger partial charge in [0.2, 0.25) is 0 Å². The second-order valence-electron chi connectivity index (χ2n) is 7.59. The Bertz CT molecular complexity index is 942. The summed E-state index contributed by atoms with van der Waals surface area (Å²) in [5.41, 5.74) is 1.46. The van der Waals surface area contributed by atoms with Gasteiger partial charge in [-0.1, -0.05) is 32.0 Å². The molecule has 1 aliphatic rings. The minimum Gasteiger partial charge on any atom is -0.493 e. The normalized spacial score (nSPS) is 13.6. The van der Waals surface area contributed by atoms with Crippen molar-refractivity contribution in [1.82, 2.24) is 10.2 Å². The Hall–Kier alpha value is -2.97. The molecule has 0 unspecified atom stereocenters. The van der Waals surface area contributed by atoms with Crippen LogP contribution in [0.25, 0.3) is 0 Å². The van der Waals surface area contributed by atoms with Crippen molar-refractivity contribution >= 4 is 34.8 Å². The number of rotatable bonds is 6. The Balaban J connectivity index is 1.64. The van der Waals surface area contributed by atoms with Crippen LogP contribution in [0, 0.1) is 5.92 Å². The first-order chi connectivity index (χ1) is 14.9. The molecular weight excluding hydrogens is 414 g/mol. The summed E-state index contributed by atoms with van der Waals surface area (Å²) in [5.74, 6) is 0.552. The summed E-state index contributed by atoms with van der Waals surface area (Å²) in [6.07, 6.45) is 0. The lowest BCUT2D eigenvalue weighted by atomic mass is 10.1. The lowest BCUT2D eigenvalue weighted by Gasteiger charge is -2.27. The zero-order valence-corrected chi connectivity index (χ0v) is 18.5. The van der Waals surface area contributed by atoms with Crippen LogP contribution in [0.2, 0.25) is 0 Å². The molecular formula is C23H27N3O4S. The highest BCUT2D eigenvalue weighted by atomic mass is 32.1. The van der Waals surface area contributed by atoms with Crippen LogP contribution in [0.1, 0.15) is 34.6 Å². The van der Waals surface area contributed by atoms with E-state index in [1.54, 1.807) is 47.4 Å². The molecule has 0 bridgehead atoms. The number of thiocarbonyl (C=S) groups is 1. The Labute approximate surface area is 187 Å². The number of nitrogens with zero attached hydrogens (tertiary/aromatic N) is 1. The number of anilines is 1. The molecule has 0 radical (unpaired) electrons. The summed E-state index contributed by atoms with van der Waals surface area (Å²) in [5, 5.41) is 5.75. The number of ether oxygens (including phenoxy) is 2. The highest BCUT2D eigenvalue weighted by Gasteiger charge is 2.21. The van der Waals surface area contributed by atoms with Crippen LogP contribution in [0.4, 0.5) is 5.69 Å². The minimum absolute atomic E-state index is 0.101. The number of carbonyl (C=O) groups is 2. The van der Waals surface area contributed by atoms with Gasteiger partial charge in [-0.3, -0.25) is 14.9 Å². The van der Waals surface area contributed by atoms with E-state index in [1.165, 1.54) is 0 Å². The summed E-state index contributed by atoms with van der Waals surface area (Å²) in [7, 11) is 0. The third-order valence-electron chi connectivity index (χ3n) is 4.61. The Kier molecular flexibility index (Phi) is 7.97. The van der Waals surface area contributed by atoms with E-state index in [-0.39, 0.29) is 16.9 Å². The molecule has 0 atom stereocenters. The van der Waals surface area contributed by atoms with E-state index < -0.39 is 0 Å². The molecule has 2 amide bonds. The van der Waals surface area contributed by atoms with Crippen LogP contribution in [0.3, 0.4) is 0 Å². The number of morpholine rings is 1. The molecule has 0 aromatic heterocycles. The largest absolute Gasteiger partial charge is 0.493 e. The summed E-state index contributed by atoms with van der Waals surface area (Å²) in [6.45, 7) is 6.82. The van der Waals surface area contributed by atoms with Crippen molar-refractivity contribution in [1.29, 1.82) is 0 Å². The fourth-order valence-corrected chi connectivity index (χ4v) is 3.24. The van der Waals surface area contributed by atoms with Crippen LogP contribution in [0.15, 0.2) is 48.5 Å². The number of para-hydroxylation sites is 1. The summed E-state index contributed by atoms with van der Waals surface area (Å²) in [6, 6.07) is 14.0. The van der Waals surface area contributed by atoms with Crippen LogP contribution >= 0.6 is 12.2 Å². The SMILES string of the molecule is CC(C)COc1cccc(C(=O)NC(=S)Nc2ccccc2C(=O)N2CCOCC2)c1. The third-order valence-corrected chi connectivity index (χ3v) is 4.81. The standard InChI is InChI=1S/C23H27N3O4S/c1-16(2)15-30-18-7-5-6-17(14-18)21(27)25-23(31)24-20-9-4-3-8-19(20)22(28)26-10-12-29-13-11-26/h3-9,14,16H,10-13,15H2,1-2H3,(H2,24,25,27,31). The molecule has 1 saturated heterocycles. The van der Waals surface area contributed by atoms with E-state index in [4.69, 9.17) is 21.7 Å². The Morgan fingerprint density at radius 2 is 1.87 bits per heavy atom. The van der Waals surface area contributed by atoms with Crippen LogP contribution in [0.5, 0.6) is 5.75 Å². The average Bonchev–Trinajstić information content (AvgIpc) is 2.78. The maximum atomic E-state index is 12.9. The van der Waals surface area contributed by atoms with Gasteiger partial charge in [-0.2, -0.15) is 0 Å². The molecule has 164 valence electrons. The monoisotopic (exact) mass is 441 g/mol. The quantitative estimate of drug-likeness (QED) is 0.670. The van der Waals surface area contributed by atoms with Crippen LogP contribution < -0.4 is 15.4 Å². The van der Waals surface area contributed by atoms with Crippen molar-refractivity contribution < 1.29 is 19.1 Å². The summed E-state index contributed by atoms with van der Waals surface area (Å²) < 4.78 is 11.0. The number of hydrogen-bond donors (Lipinski definition) is 2. The predicted molar refractivity (Wildman–Crippen MR) is 124 cm³/mol. The molecule has 2 N–H and O–H groups in total. The average molecular weight is 442 g/mol. The topological polar surface area (TPSA) is 79.9 Å². The molecule has 1 fully saturated rings. The molecule has 3 rings (SSSR count). The van der Waals surface area contributed by atoms with Gasteiger partial charge in [-0.15, -0.1) is 0 Å². The Morgan fingerprint density at radius 1 is 1.13 bits per heavy atom. The van der Waals surface area contributed by atoms with Gasteiger partial charge >= 0.3 is 0 Å².